The predicted octanol–water partition coefficient (Wildman–Crippen LogP) is 3.06. The summed E-state index contributed by atoms with van der Waals surface area (Å²) in [5.74, 6) is 0.964. The number of aromatic nitrogens is 5. The molecule has 0 unspecified atom stereocenters. The van der Waals surface area contributed by atoms with Crippen LogP contribution in [-0.2, 0) is 11.3 Å². The lowest BCUT2D eigenvalue weighted by Gasteiger charge is -2.18. The lowest BCUT2D eigenvalue weighted by molar-refractivity contribution is 0.106. The molecule has 0 aliphatic carbocycles. The molecular weight excluding hydrogens is 358 g/mol. The fourth-order valence-corrected chi connectivity index (χ4v) is 3.18. The molecule has 0 aliphatic rings. The molecule has 0 radical (unpaired) electrons. The maximum Gasteiger partial charge on any atom is 0.410 e. The van der Waals surface area contributed by atoms with Crippen molar-refractivity contribution in [3.8, 4) is 11.3 Å². The first-order valence-corrected chi connectivity index (χ1v) is 9.10. The van der Waals surface area contributed by atoms with Crippen LogP contribution in [0.3, 0.4) is 0 Å². The van der Waals surface area contributed by atoms with Crippen molar-refractivity contribution < 1.29 is 9.53 Å². The number of amides is 1. The van der Waals surface area contributed by atoms with Crippen LogP contribution in [-0.4, -0.2) is 49.3 Å². The highest BCUT2D eigenvalue weighted by Gasteiger charge is 2.17. The van der Waals surface area contributed by atoms with Crippen molar-refractivity contribution in [3.05, 3.63) is 36.3 Å². The number of pyridine rings is 1. The zero-order valence-corrected chi connectivity index (χ0v) is 15.7. The predicted molar refractivity (Wildman–Crippen MR) is 106 cm³/mol. The van der Waals surface area contributed by atoms with Crippen LogP contribution < -0.4 is 5.73 Å². The Balaban J connectivity index is 1.75. The van der Waals surface area contributed by atoms with Gasteiger partial charge in [-0.15, -0.1) is 0 Å². The molecule has 0 saturated carbocycles. The second-order valence-corrected chi connectivity index (χ2v) is 6.31. The highest BCUT2D eigenvalue weighted by atomic mass is 16.6. The van der Waals surface area contributed by atoms with E-state index in [4.69, 9.17) is 10.5 Å². The number of carbonyl (C=O) groups excluding carboxylic acids is 1. The number of nitrogens with one attached hydrogen (secondary N) is 2. The average molecular weight is 379 g/mol. The van der Waals surface area contributed by atoms with E-state index in [2.05, 4.69) is 25.1 Å². The Labute approximate surface area is 160 Å². The molecular formula is C19H21N7O2. The SMILES string of the molecule is CCOC(=O)N(CC)Cc1nc2c(N)nc3cc(-c4cc[nH]n4)ccc3c2[nH]1. The Kier molecular flexibility index (Phi) is 4.56. The van der Waals surface area contributed by atoms with Crippen molar-refractivity contribution in [1.82, 2.24) is 30.0 Å². The third-order valence-corrected chi connectivity index (χ3v) is 4.55. The number of imidazole rings is 1. The molecule has 4 aromatic rings. The molecule has 4 N–H and O–H groups in total. The number of benzene rings is 1. The summed E-state index contributed by atoms with van der Waals surface area (Å²) in [5.41, 5.74) is 10.1. The van der Waals surface area contributed by atoms with Crippen LogP contribution in [0, 0.1) is 0 Å². The summed E-state index contributed by atoms with van der Waals surface area (Å²) in [7, 11) is 0. The number of ether oxygens (including phenoxy) is 1. The summed E-state index contributed by atoms with van der Waals surface area (Å²) in [6.45, 7) is 4.81. The summed E-state index contributed by atoms with van der Waals surface area (Å²) in [6, 6.07) is 7.79. The molecule has 9 heteroatoms. The lowest BCUT2D eigenvalue weighted by Crippen LogP contribution is -2.31. The van der Waals surface area contributed by atoms with Crippen LogP contribution in [0.1, 0.15) is 19.7 Å². The maximum absolute atomic E-state index is 12.0. The van der Waals surface area contributed by atoms with Gasteiger partial charge in [-0.2, -0.15) is 5.10 Å². The van der Waals surface area contributed by atoms with Gasteiger partial charge in [0.05, 0.1) is 29.9 Å². The molecule has 0 saturated heterocycles. The van der Waals surface area contributed by atoms with Crippen LogP contribution in [0.5, 0.6) is 0 Å². The quantitative estimate of drug-likeness (QED) is 0.489. The molecule has 1 aromatic carbocycles. The van der Waals surface area contributed by atoms with E-state index in [0.29, 0.717) is 36.9 Å². The van der Waals surface area contributed by atoms with Crippen LogP contribution >= 0.6 is 0 Å². The number of anilines is 1. The van der Waals surface area contributed by atoms with Gasteiger partial charge in [0, 0.05) is 23.7 Å². The number of hydrogen-bond donors (Lipinski definition) is 3. The van der Waals surface area contributed by atoms with Crippen molar-refractivity contribution in [2.24, 2.45) is 0 Å². The molecule has 0 fully saturated rings. The zero-order chi connectivity index (χ0) is 19.7. The van der Waals surface area contributed by atoms with E-state index >= 15 is 0 Å². The van der Waals surface area contributed by atoms with Gasteiger partial charge >= 0.3 is 6.09 Å². The molecule has 4 rings (SSSR count). The minimum atomic E-state index is -0.370. The van der Waals surface area contributed by atoms with E-state index in [9.17, 15) is 4.79 Å². The minimum absolute atomic E-state index is 0.302. The molecule has 0 spiro atoms. The molecule has 144 valence electrons. The Bertz CT molecular complexity index is 1130. The first-order valence-electron chi connectivity index (χ1n) is 9.10. The number of carbonyl (C=O) groups is 1. The first-order chi connectivity index (χ1) is 13.6. The number of nitrogen functional groups attached to an aromatic ring is 1. The van der Waals surface area contributed by atoms with Crippen LogP contribution in [0.25, 0.3) is 33.2 Å². The van der Waals surface area contributed by atoms with Crippen molar-refractivity contribution in [2.75, 3.05) is 18.9 Å². The summed E-state index contributed by atoms with van der Waals surface area (Å²) in [5, 5.41) is 7.92. The van der Waals surface area contributed by atoms with Crippen LogP contribution in [0.4, 0.5) is 10.6 Å². The minimum Gasteiger partial charge on any atom is -0.450 e. The number of aromatic amines is 2. The molecule has 0 bridgehead atoms. The number of rotatable bonds is 5. The van der Waals surface area contributed by atoms with Gasteiger partial charge in [0.1, 0.15) is 11.3 Å². The van der Waals surface area contributed by atoms with Crippen LogP contribution in [0.2, 0.25) is 0 Å². The van der Waals surface area contributed by atoms with E-state index in [1.54, 1.807) is 18.0 Å². The van der Waals surface area contributed by atoms with E-state index in [1.807, 2.05) is 31.2 Å². The number of nitrogens with zero attached hydrogens (tertiary/aromatic N) is 4. The molecule has 28 heavy (non-hydrogen) atoms. The summed E-state index contributed by atoms with van der Waals surface area (Å²) in [4.78, 5) is 26.0. The van der Waals surface area contributed by atoms with E-state index < -0.39 is 0 Å². The standard InChI is InChI=1S/C19H21N7O2/c1-3-26(19(27)28-4-2)10-15-23-16-12-6-5-11(13-7-8-21-25-13)9-14(12)22-18(20)17(16)24-15/h5-9H,3-4,10H2,1-2H3,(H2,20,22)(H,21,25)(H,23,24). The Morgan fingerprint density at radius 1 is 1.25 bits per heavy atom. The summed E-state index contributed by atoms with van der Waals surface area (Å²) >= 11 is 0. The van der Waals surface area contributed by atoms with Gasteiger partial charge in [0.15, 0.2) is 5.82 Å². The normalized spacial score (nSPS) is 11.2. The second kappa shape index (κ2) is 7.18. The number of H-pyrrole nitrogens is 2. The van der Waals surface area contributed by atoms with Crippen LogP contribution in [0.15, 0.2) is 30.5 Å². The zero-order valence-electron chi connectivity index (χ0n) is 15.7. The topological polar surface area (TPSA) is 126 Å². The van der Waals surface area contributed by atoms with E-state index in [0.717, 1.165) is 27.7 Å². The van der Waals surface area contributed by atoms with Crippen molar-refractivity contribution in [1.29, 1.82) is 0 Å². The molecule has 0 aliphatic heterocycles. The van der Waals surface area contributed by atoms with Gasteiger partial charge in [-0.1, -0.05) is 6.07 Å². The van der Waals surface area contributed by atoms with Gasteiger partial charge in [0.2, 0.25) is 0 Å². The third-order valence-electron chi connectivity index (χ3n) is 4.55. The van der Waals surface area contributed by atoms with Gasteiger partial charge in [-0.05, 0) is 32.0 Å². The molecule has 1 amide bonds. The van der Waals surface area contributed by atoms with E-state index in [1.165, 1.54) is 0 Å². The monoisotopic (exact) mass is 379 g/mol. The second-order valence-electron chi connectivity index (χ2n) is 6.31. The van der Waals surface area contributed by atoms with Gasteiger partial charge in [0.25, 0.3) is 0 Å². The number of fused-ring (bicyclic) bond motifs is 3. The Morgan fingerprint density at radius 2 is 2.11 bits per heavy atom. The van der Waals surface area contributed by atoms with Crippen molar-refractivity contribution in [2.45, 2.75) is 20.4 Å². The largest absolute Gasteiger partial charge is 0.450 e. The third kappa shape index (κ3) is 3.11. The fourth-order valence-electron chi connectivity index (χ4n) is 3.18. The molecule has 3 heterocycles. The lowest BCUT2D eigenvalue weighted by atomic mass is 10.1. The fraction of sp³-hybridized carbons (Fsp3) is 0.263. The highest BCUT2D eigenvalue weighted by molar-refractivity contribution is 6.07. The molecule has 9 nitrogen and oxygen atoms in total. The smallest absolute Gasteiger partial charge is 0.410 e. The first kappa shape index (κ1) is 17.8. The summed E-state index contributed by atoms with van der Waals surface area (Å²) in [6.07, 6.45) is 1.40. The van der Waals surface area contributed by atoms with Gasteiger partial charge in [-0.25, -0.2) is 14.8 Å². The number of hydrogen-bond acceptors (Lipinski definition) is 6. The number of nitrogens with two attached hydrogens (primary N) is 1. The van der Waals surface area contributed by atoms with Crippen molar-refractivity contribution in [3.63, 3.8) is 0 Å². The average Bonchev–Trinajstić information content (AvgIpc) is 3.36. The van der Waals surface area contributed by atoms with Gasteiger partial charge in [-0.3, -0.25) is 5.10 Å². The molecule has 0 atom stereocenters. The summed E-state index contributed by atoms with van der Waals surface area (Å²) < 4.78 is 5.08. The van der Waals surface area contributed by atoms with Gasteiger partial charge < -0.3 is 20.4 Å². The Morgan fingerprint density at radius 3 is 2.82 bits per heavy atom. The van der Waals surface area contributed by atoms with Crippen molar-refractivity contribution >= 4 is 33.8 Å². The Hall–Kier alpha value is -3.62. The maximum atomic E-state index is 12.0. The highest BCUT2D eigenvalue weighted by Crippen LogP contribution is 2.29. The molecule has 3 aromatic heterocycles. The van der Waals surface area contributed by atoms with E-state index in [-0.39, 0.29) is 6.09 Å².